The lowest BCUT2D eigenvalue weighted by atomic mass is 10.2. The van der Waals surface area contributed by atoms with Gasteiger partial charge in [-0.15, -0.1) is 0 Å². The van der Waals surface area contributed by atoms with Gasteiger partial charge < -0.3 is 0 Å². The number of nitrogens with zero attached hydrogens (tertiary/aromatic N) is 2. The predicted octanol–water partition coefficient (Wildman–Crippen LogP) is 1.74. The fourth-order valence-corrected chi connectivity index (χ4v) is 0.759. The van der Waals surface area contributed by atoms with Crippen LogP contribution < -0.4 is 0 Å². The van der Waals surface area contributed by atoms with Gasteiger partial charge in [0.05, 0.1) is 7.11 Å². The van der Waals surface area contributed by atoms with E-state index in [1.165, 1.54) is 7.11 Å². The Morgan fingerprint density at radius 3 is 2.29 bits per heavy atom. The molecular weight excluding hydrogens is 180 g/mol. The first-order valence-corrected chi connectivity index (χ1v) is 4.48. The Morgan fingerprint density at radius 1 is 1.36 bits per heavy atom. The third kappa shape index (κ3) is 3.53. The molecule has 0 aliphatic heterocycles. The molecule has 78 valence electrons. The van der Waals surface area contributed by atoms with Crippen molar-refractivity contribution in [1.82, 2.24) is 10.0 Å². The van der Waals surface area contributed by atoms with Crippen LogP contribution in [0.15, 0.2) is 24.5 Å². The van der Waals surface area contributed by atoms with Gasteiger partial charge in [0, 0.05) is 25.0 Å². The van der Waals surface area contributed by atoms with Crippen LogP contribution in [0, 0.1) is 0 Å². The largest absolute Gasteiger partial charge is 0.277 e. The second-order valence-corrected chi connectivity index (χ2v) is 2.22. The molecule has 4 heteroatoms. The van der Waals surface area contributed by atoms with Crippen molar-refractivity contribution in [2.75, 3.05) is 14.2 Å². The zero-order chi connectivity index (χ0) is 11.0. The van der Waals surface area contributed by atoms with Crippen molar-refractivity contribution in [2.24, 2.45) is 0 Å². The van der Waals surface area contributed by atoms with Gasteiger partial charge in [-0.1, -0.05) is 13.8 Å². The first-order chi connectivity index (χ1) is 6.75. The first kappa shape index (κ1) is 12.6. The Hall–Kier alpha value is -1.42. The van der Waals surface area contributed by atoms with Gasteiger partial charge in [0.25, 0.3) is 5.91 Å². The summed E-state index contributed by atoms with van der Waals surface area (Å²) in [5, 5.41) is 1.16. The van der Waals surface area contributed by atoms with E-state index in [1.807, 2.05) is 13.8 Å². The van der Waals surface area contributed by atoms with Gasteiger partial charge in [-0.25, -0.2) is 5.06 Å². The summed E-state index contributed by atoms with van der Waals surface area (Å²) in [4.78, 5) is 19.9. The van der Waals surface area contributed by atoms with Crippen LogP contribution in [0.2, 0.25) is 0 Å². The molecular formula is C10H16N2O2. The second kappa shape index (κ2) is 7.03. The molecule has 0 spiro atoms. The molecule has 1 rings (SSSR count). The molecule has 1 amide bonds. The summed E-state index contributed by atoms with van der Waals surface area (Å²) in [5.74, 6) is -0.181. The summed E-state index contributed by atoms with van der Waals surface area (Å²) in [7, 11) is 3.00. The van der Waals surface area contributed by atoms with E-state index in [2.05, 4.69) is 4.98 Å². The zero-order valence-corrected chi connectivity index (χ0v) is 9.02. The summed E-state index contributed by atoms with van der Waals surface area (Å²) in [6.07, 6.45) is 3.13. The van der Waals surface area contributed by atoms with Crippen LogP contribution in [0.5, 0.6) is 0 Å². The number of hydrogen-bond acceptors (Lipinski definition) is 3. The number of hydroxylamine groups is 2. The molecule has 0 radical (unpaired) electrons. The lowest BCUT2D eigenvalue weighted by molar-refractivity contribution is -0.0757. The molecule has 0 unspecified atom stereocenters. The van der Waals surface area contributed by atoms with Crippen molar-refractivity contribution in [3.63, 3.8) is 0 Å². The van der Waals surface area contributed by atoms with Crippen molar-refractivity contribution in [1.29, 1.82) is 0 Å². The minimum absolute atomic E-state index is 0.181. The highest BCUT2D eigenvalue weighted by Gasteiger charge is 2.09. The quantitative estimate of drug-likeness (QED) is 0.677. The Morgan fingerprint density at radius 2 is 1.86 bits per heavy atom. The van der Waals surface area contributed by atoms with Crippen molar-refractivity contribution in [3.8, 4) is 0 Å². The molecule has 14 heavy (non-hydrogen) atoms. The van der Waals surface area contributed by atoms with E-state index >= 15 is 0 Å². The van der Waals surface area contributed by atoms with Crippen molar-refractivity contribution in [3.05, 3.63) is 30.1 Å². The maximum atomic E-state index is 11.3. The molecule has 0 aliphatic carbocycles. The van der Waals surface area contributed by atoms with Crippen molar-refractivity contribution >= 4 is 5.91 Å². The van der Waals surface area contributed by atoms with Gasteiger partial charge in [0.15, 0.2) is 0 Å². The highest BCUT2D eigenvalue weighted by atomic mass is 16.7. The fraction of sp³-hybridized carbons (Fsp3) is 0.400. The monoisotopic (exact) mass is 196 g/mol. The molecule has 0 fully saturated rings. The average molecular weight is 196 g/mol. The highest BCUT2D eigenvalue weighted by molar-refractivity contribution is 5.93. The summed E-state index contributed by atoms with van der Waals surface area (Å²) < 4.78 is 0. The maximum absolute atomic E-state index is 11.3. The van der Waals surface area contributed by atoms with Crippen LogP contribution in [0.1, 0.15) is 24.2 Å². The average Bonchev–Trinajstić information content (AvgIpc) is 2.31. The Kier molecular flexibility index (Phi) is 6.32. The minimum atomic E-state index is -0.181. The van der Waals surface area contributed by atoms with Gasteiger partial charge in [-0.05, 0) is 12.1 Å². The molecule has 1 heterocycles. The number of carbonyl (C=O) groups is 1. The SMILES string of the molecule is CC.CON(C)C(=O)c1ccncc1. The molecule has 0 aliphatic rings. The number of hydrogen-bond donors (Lipinski definition) is 0. The number of amides is 1. The summed E-state index contributed by atoms with van der Waals surface area (Å²) in [5.41, 5.74) is 0.564. The van der Waals surface area contributed by atoms with Gasteiger partial charge in [-0.2, -0.15) is 0 Å². The molecule has 0 saturated carbocycles. The van der Waals surface area contributed by atoms with Gasteiger partial charge >= 0.3 is 0 Å². The number of carbonyl (C=O) groups excluding carboxylic acids is 1. The fourth-order valence-electron chi connectivity index (χ4n) is 0.759. The van der Waals surface area contributed by atoms with E-state index in [0.717, 1.165) is 5.06 Å². The lowest BCUT2D eigenvalue weighted by Gasteiger charge is -2.12. The number of pyridine rings is 1. The van der Waals surface area contributed by atoms with Gasteiger partial charge in [0.1, 0.15) is 0 Å². The smallest absolute Gasteiger partial charge is 0.274 e. The molecule has 0 atom stereocenters. The third-order valence-electron chi connectivity index (χ3n) is 1.49. The van der Waals surface area contributed by atoms with E-state index in [4.69, 9.17) is 4.84 Å². The molecule has 0 saturated heterocycles. The first-order valence-electron chi connectivity index (χ1n) is 4.48. The zero-order valence-electron chi connectivity index (χ0n) is 9.02. The van der Waals surface area contributed by atoms with Crippen molar-refractivity contribution in [2.45, 2.75) is 13.8 Å². The third-order valence-corrected chi connectivity index (χ3v) is 1.49. The van der Waals surface area contributed by atoms with Crippen LogP contribution >= 0.6 is 0 Å². The number of aromatic nitrogens is 1. The van der Waals surface area contributed by atoms with Gasteiger partial charge in [0.2, 0.25) is 0 Å². The Labute approximate surface area is 84.5 Å². The predicted molar refractivity (Wildman–Crippen MR) is 54.7 cm³/mol. The number of rotatable bonds is 2. The lowest BCUT2D eigenvalue weighted by Crippen LogP contribution is -2.25. The van der Waals surface area contributed by atoms with E-state index < -0.39 is 0 Å². The van der Waals surface area contributed by atoms with E-state index in [-0.39, 0.29) is 5.91 Å². The van der Waals surface area contributed by atoms with Crippen LogP contribution in [0.3, 0.4) is 0 Å². The topological polar surface area (TPSA) is 42.4 Å². The molecule has 4 nitrogen and oxygen atoms in total. The van der Waals surface area contributed by atoms with Crippen LogP contribution in [0.25, 0.3) is 0 Å². The summed E-state index contributed by atoms with van der Waals surface area (Å²) in [6, 6.07) is 3.27. The van der Waals surface area contributed by atoms with E-state index in [0.29, 0.717) is 5.56 Å². The highest BCUT2D eigenvalue weighted by Crippen LogP contribution is 2.00. The molecule has 1 aromatic heterocycles. The van der Waals surface area contributed by atoms with Crippen molar-refractivity contribution < 1.29 is 9.63 Å². The molecule has 0 aromatic carbocycles. The second-order valence-electron chi connectivity index (χ2n) is 2.22. The molecule has 0 bridgehead atoms. The molecule has 1 aromatic rings. The van der Waals surface area contributed by atoms with Crippen LogP contribution in [-0.4, -0.2) is 30.1 Å². The Balaban J connectivity index is 0.000000791. The normalized spacial score (nSPS) is 8.57. The minimum Gasteiger partial charge on any atom is -0.274 e. The Bertz CT molecular complexity index is 262. The van der Waals surface area contributed by atoms with E-state index in [9.17, 15) is 4.79 Å². The van der Waals surface area contributed by atoms with E-state index in [1.54, 1.807) is 31.6 Å². The summed E-state index contributed by atoms with van der Waals surface area (Å²) >= 11 is 0. The van der Waals surface area contributed by atoms with Crippen LogP contribution in [0.4, 0.5) is 0 Å². The standard InChI is InChI=1S/C8H10N2O2.C2H6/c1-10(12-2)8(11)7-3-5-9-6-4-7;1-2/h3-6H,1-2H3;1-2H3. The van der Waals surface area contributed by atoms with Gasteiger partial charge in [-0.3, -0.25) is 14.6 Å². The molecule has 0 N–H and O–H groups in total. The summed E-state index contributed by atoms with van der Waals surface area (Å²) in [6.45, 7) is 4.00. The van der Waals surface area contributed by atoms with Crippen LogP contribution in [-0.2, 0) is 4.84 Å². The maximum Gasteiger partial charge on any atom is 0.277 e.